The maximum atomic E-state index is 10.2. The molecule has 0 aromatic carbocycles. The predicted molar refractivity (Wildman–Crippen MR) is 79.2 cm³/mol. The van der Waals surface area contributed by atoms with Crippen LogP contribution in [0.25, 0.3) is 0 Å². The van der Waals surface area contributed by atoms with Crippen molar-refractivity contribution in [3.05, 3.63) is 24.3 Å². The van der Waals surface area contributed by atoms with E-state index in [2.05, 4.69) is 47.3 Å². The van der Waals surface area contributed by atoms with Gasteiger partial charge in [0.1, 0.15) is 5.60 Å². The number of alkyl halides is 1. The molecule has 4 atom stereocenters. The van der Waals surface area contributed by atoms with E-state index in [1.165, 1.54) is 0 Å². The number of hydrogen-bond acceptors (Lipinski definition) is 3. The Morgan fingerprint density at radius 1 is 1.32 bits per heavy atom. The molecular formula is C15H23BrO3. The van der Waals surface area contributed by atoms with Crippen LogP contribution in [0.1, 0.15) is 40.0 Å². The van der Waals surface area contributed by atoms with Crippen molar-refractivity contribution in [1.29, 1.82) is 0 Å². The second kappa shape index (κ2) is 4.69. The lowest BCUT2D eigenvalue weighted by Crippen LogP contribution is -2.54. The quantitative estimate of drug-likeness (QED) is 0.333. The van der Waals surface area contributed by atoms with Gasteiger partial charge in [0.25, 0.3) is 0 Å². The zero-order valence-corrected chi connectivity index (χ0v) is 13.4. The van der Waals surface area contributed by atoms with E-state index in [1.807, 2.05) is 13.0 Å². The Labute approximate surface area is 123 Å². The van der Waals surface area contributed by atoms with Gasteiger partial charge in [0.05, 0.1) is 6.10 Å². The third-order valence-electron chi connectivity index (χ3n) is 5.21. The number of aliphatic hydroxyl groups is 1. The van der Waals surface area contributed by atoms with Gasteiger partial charge in [0.2, 0.25) is 0 Å². The average molecular weight is 331 g/mol. The molecule has 0 heterocycles. The topological polar surface area (TPSA) is 49.7 Å². The first-order valence-corrected chi connectivity index (χ1v) is 7.63. The molecule has 3 nitrogen and oxygen atoms in total. The lowest BCUT2D eigenvalue weighted by molar-refractivity contribution is -0.307. The highest BCUT2D eigenvalue weighted by molar-refractivity contribution is 9.09. The summed E-state index contributed by atoms with van der Waals surface area (Å²) in [5.74, 6) is 0. The van der Waals surface area contributed by atoms with Crippen LogP contribution in [-0.4, -0.2) is 26.9 Å². The van der Waals surface area contributed by atoms with Crippen molar-refractivity contribution in [1.82, 2.24) is 0 Å². The van der Waals surface area contributed by atoms with Gasteiger partial charge in [-0.3, -0.25) is 5.26 Å². The van der Waals surface area contributed by atoms with Crippen molar-refractivity contribution in [3.63, 3.8) is 0 Å². The Kier molecular flexibility index (Phi) is 3.76. The van der Waals surface area contributed by atoms with Gasteiger partial charge < -0.3 is 5.11 Å². The molecule has 1 saturated carbocycles. The van der Waals surface area contributed by atoms with Crippen LogP contribution in [0, 0.1) is 10.8 Å². The molecule has 1 spiro atoms. The monoisotopic (exact) mass is 330 g/mol. The van der Waals surface area contributed by atoms with Crippen LogP contribution in [0.5, 0.6) is 0 Å². The first-order valence-electron chi connectivity index (χ1n) is 6.72. The molecule has 2 aliphatic rings. The van der Waals surface area contributed by atoms with Crippen molar-refractivity contribution in [2.24, 2.45) is 10.8 Å². The van der Waals surface area contributed by atoms with Crippen molar-refractivity contribution < 1.29 is 15.3 Å². The maximum Gasteiger partial charge on any atom is 0.119 e. The third kappa shape index (κ3) is 2.13. The van der Waals surface area contributed by atoms with Crippen LogP contribution in [0.3, 0.4) is 0 Å². The molecule has 4 heteroatoms. The zero-order valence-electron chi connectivity index (χ0n) is 11.8. The molecule has 0 bridgehead atoms. The number of halogens is 1. The fraction of sp³-hybridized carbons (Fsp3) is 0.733. The van der Waals surface area contributed by atoms with E-state index in [-0.39, 0.29) is 15.7 Å². The van der Waals surface area contributed by atoms with Crippen LogP contribution in [0.15, 0.2) is 24.3 Å². The number of aliphatic hydroxyl groups excluding tert-OH is 1. The smallest absolute Gasteiger partial charge is 0.119 e. The molecule has 0 radical (unpaired) electrons. The van der Waals surface area contributed by atoms with E-state index in [0.717, 1.165) is 18.4 Å². The molecule has 0 amide bonds. The molecule has 0 aliphatic heterocycles. The fourth-order valence-corrected chi connectivity index (χ4v) is 4.15. The van der Waals surface area contributed by atoms with Gasteiger partial charge in [-0.05, 0) is 31.6 Å². The minimum Gasteiger partial charge on any atom is -0.392 e. The van der Waals surface area contributed by atoms with Gasteiger partial charge in [-0.15, -0.1) is 0 Å². The van der Waals surface area contributed by atoms with Crippen LogP contribution in [-0.2, 0) is 4.89 Å². The first kappa shape index (κ1) is 15.2. The minimum atomic E-state index is -0.612. The Balaban J connectivity index is 2.43. The van der Waals surface area contributed by atoms with Gasteiger partial charge in [-0.25, -0.2) is 4.89 Å². The average Bonchev–Trinajstić information content (AvgIpc) is 2.37. The molecule has 0 aromatic heterocycles. The molecule has 2 N–H and O–H groups in total. The lowest BCUT2D eigenvalue weighted by atomic mass is 9.51. The van der Waals surface area contributed by atoms with Crippen molar-refractivity contribution >= 4 is 15.9 Å². The molecule has 0 unspecified atom stereocenters. The van der Waals surface area contributed by atoms with E-state index in [0.29, 0.717) is 6.42 Å². The molecular weight excluding hydrogens is 308 g/mol. The summed E-state index contributed by atoms with van der Waals surface area (Å²) < 4.78 is 0. The second-order valence-corrected chi connectivity index (χ2v) is 7.69. The molecule has 19 heavy (non-hydrogen) atoms. The summed E-state index contributed by atoms with van der Waals surface area (Å²) in [6, 6.07) is 0. The Bertz CT molecular complexity index is 418. The maximum absolute atomic E-state index is 10.2. The number of hydrogen-bond donors (Lipinski definition) is 2. The highest BCUT2D eigenvalue weighted by Gasteiger charge is 2.56. The number of allylic oxidation sites excluding steroid dienone is 1. The highest BCUT2D eigenvalue weighted by atomic mass is 79.9. The molecule has 2 rings (SSSR count). The summed E-state index contributed by atoms with van der Waals surface area (Å²) in [7, 11) is 0. The van der Waals surface area contributed by atoms with Crippen LogP contribution in [0.4, 0.5) is 0 Å². The zero-order chi connectivity index (χ0) is 14.5. The first-order chi connectivity index (χ1) is 8.68. The standard InChI is InChI=1S/C15H23BrO3/c1-10-9-11(17)12(16)13(2,3)15(10)7-5-14(4,19-18)6-8-15/h5,7,11-12,17-18H,1,6,8-9H2,2-4H3/t11-,12-,14+,15-/m0/s1. The predicted octanol–water partition coefficient (Wildman–Crippen LogP) is 3.68. The summed E-state index contributed by atoms with van der Waals surface area (Å²) in [4.78, 5) is 4.61. The van der Waals surface area contributed by atoms with Crippen molar-refractivity contribution in [3.8, 4) is 0 Å². The minimum absolute atomic E-state index is 0.0227. The van der Waals surface area contributed by atoms with Crippen LogP contribution < -0.4 is 0 Å². The Morgan fingerprint density at radius 3 is 2.42 bits per heavy atom. The molecule has 1 fully saturated rings. The molecule has 2 aliphatic carbocycles. The van der Waals surface area contributed by atoms with Crippen molar-refractivity contribution in [2.75, 3.05) is 0 Å². The summed E-state index contributed by atoms with van der Waals surface area (Å²) >= 11 is 3.65. The fourth-order valence-electron chi connectivity index (χ4n) is 3.56. The second-order valence-electron chi connectivity index (χ2n) is 6.71. The summed E-state index contributed by atoms with van der Waals surface area (Å²) in [5, 5.41) is 19.2. The van der Waals surface area contributed by atoms with Crippen LogP contribution in [0.2, 0.25) is 0 Å². The molecule has 108 valence electrons. The van der Waals surface area contributed by atoms with Gasteiger partial charge in [0.15, 0.2) is 0 Å². The highest BCUT2D eigenvalue weighted by Crippen LogP contribution is 2.60. The van der Waals surface area contributed by atoms with Crippen molar-refractivity contribution in [2.45, 2.75) is 56.6 Å². The van der Waals surface area contributed by atoms with Gasteiger partial charge in [-0.1, -0.05) is 54.1 Å². The van der Waals surface area contributed by atoms with E-state index in [9.17, 15) is 5.11 Å². The largest absolute Gasteiger partial charge is 0.392 e. The molecule has 0 saturated heterocycles. The van der Waals surface area contributed by atoms with E-state index < -0.39 is 11.7 Å². The Morgan fingerprint density at radius 2 is 1.95 bits per heavy atom. The summed E-state index contributed by atoms with van der Waals surface area (Å²) in [5.41, 5.74) is 0.157. The van der Waals surface area contributed by atoms with Gasteiger partial charge >= 0.3 is 0 Å². The SMILES string of the molecule is C=C1C[C@H](O)[C@H](Br)C(C)(C)[C@]12C=C[C@@](C)(OO)CC2. The van der Waals surface area contributed by atoms with E-state index >= 15 is 0 Å². The summed E-state index contributed by atoms with van der Waals surface area (Å²) in [6.45, 7) is 10.4. The third-order valence-corrected chi connectivity index (χ3v) is 6.96. The van der Waals surface area contributed by atoms with Crippen LogP contribution >= 0.6 is 15.9 Å². The lowest BCUT2D eigenvalue weighted by Gasteiger charge is -2.56. The Hall–Kier alpha value is -0.160. The van der Waals surface area contributed by atoms with Gasteiger partial charge in [-0.2, -0.15) is 0 Å². The van der Waals surface area contributed by atoms with Gasteiger partial charge in [0, 0.05) is 10.2 Å². The molecule has 0 aromatic rings. The van der Waals surface area contributed by atoms with E-state index in [1.54, 1.807) is 0 Å². The normalized spacial score (nSPS) is 45.7. The number of rotatable bonds is 1. The summed E-state index contributed by atoms with van der Waals surface area (Å²) in [6.07, 6.45) is 5.86. The van der Waals surface area contributed by atoms with E-state index in [4.69, 9.17) is 5.26 Å².